The Labute approximate surface area is 169 Å². The van der Waals surface area contributed by atoms with E-state index in [4.69, 9.17) is 0 Å². The third-order valence-corrected chi connectivity index (χ3v) is 5.08. The minimum Gasteiger partial charge on any atom is -0.352 e. The smallest absolute Gasteiger partial charge is 0.242 e. The number of carbonyl (C=O) groups excluding carboxylic acids is 2. The lowest BCUT2D eigenvalue weighted by atomic mass is 10.1. The quantitative estimate of drug-likeness (QED) is 0.747. The Morgan fingerprint density at radius 1 is 0.964 bits per heavy atom. The minimum absolute atomic E-state index is 0.0443. The molecule has 2 rings (SSSR count). The van der Waals surface area contributed by atoms with Gasteiger partial charge in [-0.3, -0.25) is 9.59 Å². The van der Waals surface area contributed by atoms with Crippen molar-refractivity contribution in [3.63, 3.8) is 0 Å². The van der Waals surface area contributed by atoms with Crippen LogP contribution in [0.3, 0.4) is 0 Å². The standard InChI is InChI=1S/C24H32N2O2/c1-6-19(4)25-24(28)20(5)26(16-22-9-7-8-18(3)14-22)23(27)15-21-12-10-17(2)11-13-21/h7-14,19-20H,6,15-16H2,1-5H3,(H,25,28)/t19-,20-/m1/s1. The molecule has 28 heavy (non-hydrogen) atoms. The summed E-state index contributed by atoms with van der Waals surface area (Å²) in [5, 5.41) is 3.00. The molecule has 0 aliphatic carbocycles. The first-order chi connectivity index (χ1) is 13.3. The van der Waals surface area contributed by atoms with Crippen LogP contribution in [-0.4, -0.2) is 28.8 Å². The van der Waals surface area contributed by atoms with Crippen molar-refractivity contribution in [3.8, 4) is 0 Å². The molecule has 0 bridgehead atoms. The van der Waals surface area contributed by atoms with Gasteiger partial charge in [-0.15, -0.1) is 0 Å². The van der Waals surface area contributed by atoms with Gasteiger partial charge in [0.05, 0.1) is 6.42 Å². The van der Waals surface area contributed by atoms with Crippen LogP contribution in [0.25, 0.3) is 0 Å². The van der Waals surface area contributed by atoms with Gasteiger partial charge in [0.1, 0.15) is 6.04 Å². The molecule has 0 spiro atoms. The number of hydrogen-bond donors (Lipinski definition) is 1. The van der Waals surface area contributed by atoms with Gasteiger partial charge in [-0.2, -0.15) is 0 Å². The van der Waals surface area contributed by atoms with E-state index in [9.17, 15) is 9.59 Å². The van der Waals surface area contributed by atoms with Crippen molar-refractivity contribution in [2.75, 3.05) is 0 Å². The summed E-state index contributed by atoms with van der Waals surface area (Å²) in [5.41, 5.74) is 4.29. The molecule has 2 atom stereocenters. The number of nitrogens with zero attached hydrogens (tertiary/aromatic N) is 1. The Morgan fingerprint density at radius 2 is 1.64 bits per heavy atom. The highest BCUT2D eigenvalue weighted by molar-refractivity contribution is 5.88. The van der Waals surface area contributed by atoms with Crippen LogP contribution in [0.1, 0.15) is 49.4 Å². The van der Waals surface area contributed by atoms with Crippen molar-refractivity contribution < 1.29 is 9.59 Å². The maximum absolute atomic E-state index is 13.1. The molecular formula is C24H32N2O2. The zero-order chi connectivity index (χ0) is 20.7. The number of hydrogen-bond acceptors (Lipinski definition) is 2. The second-order valence-electron chi connectivity index (χ2n) is 7.67. The average molecular weight is 381 g/mol. The Bertz CT molecular complexity index is 799. The first-order valence-corrected chi connectivity index (χ1v) is 10.0. The van der Waals surface area contributed by atoms with E-state index in [0.717, 1.165) is 28.7 Å². The second-order valence-corrected chi connectivity index (χ2v) is 7.67. The van der Waals surface area contributed by atoms with Gasteiger partial charge < -0.3 is 10.2 Å². The molecule has 2 aromatic rings. The highest BCUT2D eigenvalue weighted by Gasteiger charge is 2.26. The zero-order valence-corrected chi connectivity index (χ0v) is 17.7. The minimum atomic E-state index is -0.535. The van der Waals surface area contributed by atoms with Crippen LogP contribution in [-0.2, 0) is 22.6 Å². The third kappa shape index (κ3) is 6.22. The summed E-state index contributed by atoms with van der Waals surface area (Å²) >= 11 is 0. The van der Waals surface area contributed by atoms with E-state index in [2.05, 4.69) is 11.4 Å². The lowest BCUT2D eigenvalue weighted by Gasteiger charge is -2.30. The van der Waals surface area contributed by atoms with Crippen LogP contribution in [0.4, 0.5) is 0 Å². The van der Waals surface area contributed by atoms with Crippen molar-refractivity contribution in [1.29, 1.82) is 0 Å². The molecule has 0 fully saturated rings. The van der Waals surface area contributed by atoms with E-state index < -0.39 is 6.04 Å². The van der Waals surface area contributed by atoms with E-state index in [1.165, 1.54) is 0 Å². The van der Waals surface area contributed by atoms with E-state index in [0.29, 0.717) is 6.54 Å². The summed E-state index contributed by atoms with van der Waals surface area (Å²) in [4.78, 5) is 27.5. The highest BCUT2D eigenvalue weighted by atomic mass is 16.2. The molecule has 0 heterocycles. The fraction of sp³-hybridized carbons (Fsp3) is 0.417. The lowest BCUT2D eigenvalue weighted by Crippen LogP contribution is -2.49. The number of benzene rings is 2. The Morgan fingerprint density at radius 3 is 2.25 bits per heavy atom. The second kappa shape index (κ2) is 10.1. The van der Waals surface area contributed by atoms with Gasteiger partial charge in [-0.05, 0) is 45.2 Å². The van der Waals surface area contributed by atoms with Crippen LogP contribution in [0.15, 0.2) is 48.5 Å². The number of carbonyl (C=O) groups is 2. The molecule has 0 aliphatic heterocycles. The predicted molar refractivity (Wildman–Crippen MR) is 114 cm³/mol. The molecule has 4 heteroatoms. The van der Waals surface area contributed by atoms with Gasteiger partial charge in [-0.1, -0.05) is 66.6 Å². The summed E-state index contributed by atoms with van der Waals surface area (Å²) in [6.45, 7) is 10.3. The van der Waals surface area contributed by atoms with E-state index in [1.54, 1.807) is 11.8 Å². The lowest BCUT2D eigenvalue weighted by molar-refractivity contribution is -0.140. The largest absolute Gasteiger partial charge is 0.352 e. The summed E-state index contributed by atoms with van der Waals surface area (Å²) in [5.74, 6) is -0.156. The van der Waals surface area contributed by atoms with Gasteiger partial charge in [0, 0.05) is 12.6 Å². The van der Waals surface area contributed by atoms with Gasteiger partial charge in [0.2, 0.25) is 11.8 Å². The number of rotatable bonds is 8. The zero-order valence-electron chi connectivity index (χ0n) is 17.7. The highest BCUT2D eigenvalue weighted by Crippen LogP contribution is 2.14. The van der Waals surface area contributed by atoms with Crippen molar-refractivity contribution >= 4 is 11.8 Å². The van der Waals surface area contributed by atoms with Crippen molar-refractivity contribution in [3.05, 3.63) is 70.8 Å². The topological polar surface area (TPSA) is 49.4 Å². The SMILES string of the molecule is CC[C@@H](C)NC(=O)[C@@H](C)N(Cc1cccc(C)c1)C(=O)Cc1ccc(C)cc1. The fourth-order valence-corrected chi connectivity index (χ4v) is 3.04. The first kappa shape index (κ1) is 21.7. The van der Waals surface area contributed by atoms with Gasteiger partial charge in [0.15, 0.2) is 0 Å². The summed E-state index contributed by atoms with van der Waals surface area (Å²) in [6.07, 6.45) is 1.14. The van der Waals surface area contributed by atoms with Gasteiger partial charge in [0.25, 0.3) is 0 Å². The van der Waals surface area contributed by atoms with Crippen molar-refractivity contribution in [2.45, 2.75) is 66.1 Å². The molecule has 0 radical (unpaired) electrons. The molecule has 4 nitrogen and oxygen atoms in total. The van der Waals surface area contributed by atoms with Gasteiger partial charge >= 0.3 is 0 Å². The summed E-state index contributed by atoms with van der Waals surface area (Å²) < 4.78 is 0. The first-order valence-electron chi connectivity index (χ1n) is 10.0. The van der Waals surface area contributed by atoms with Gasteiger partial charge in [-0.25, -0.2) is 0 Å². The normalized spacial score (nSPS) is 12.9. The fourth-order valence-electron chi connectivity index (χ4n) is 3.04. The molecule has 2 aromatic carbocycles. The molecule has 2 amide bonds. The maximum Gasteiger partial charge on any atom is 0.242 e. The summed E-state index contributed by atoms with van der Waals surface area (Å²) in [7, 11) is 0. The monoisotopic (exact) mass is 380 g/mol. The van der Waals surface area contributed by atoms with Crippen LogP contribution in [0.5, 0.6) is 0 Å². The number of amides is 2. The number of nitrogens with one attached hydrogen (secondary N) is 1. The molecular weight excluding hydrogens is 348 g/mol. The maximum atomic E-state index is 13.1. The molecule has 0 saturated heterocycles. The van der Waals surface area contributed by atoms with Crippen LogP contribution >= 0.6 is 0 Å². The molecule has 0 unspecified atom stereocenters. The molecule has 0 aliphatic rings. The van der Waals surface area contributed by atoms with E-state index in [1.807, 2.05) is 70.2 Å². The molecule has 150 valence electrons. The molecule has 1 N–H and O–H groups in total. The number of aryl methyl sites for hydroxylation is 2. The van der Waals surface area contributed by atoms with Crippen LogP contribution in [0, 0.1) is 13.8 Å². The predicted octanol–water partition coefficient (Wildman–Crippen LogP) is 4.18. The van der Waals surface area contributed by atoms with Crippen LogP contribution < -0.4 is 5.32 Å². The van der Waals surface area contributed by atoms with E-state index in [-0.39, 0.29) is 24.3 Å². The summed E-state index contributed by atoms with van der Waals surface area (Å²) in [6, 6.07) is 15.6. The molecule has 0 saturated carbocycles. The van der Waals surface area contributed by atoms with Crippen molar-refractivity contribution in [2.24, 2.45) is 0 Å². The van der Waals surface area contributed by atoms with E-state index >= 15 is 0 Å². The average Bonchev–Trinajstić information content (AvgIpc) is 2.67. The Balaban J connectivity index is 2.22. The van der Waals surface area contributed by atoms with Crippen molar-refractivity contribution in [1.82, 2.24) is 10.2 Å². The molecule has 0 aromatic heterocycles. The Hall–Kier alpha value is -2.62. The van der Waals surface area contributed by atoms with Crippen LogP contribution in [0.2, 0.25) is 0 Å². The third-order valence-electron chi connectivity index (χ3n) is 5.08. The Kier molecular flexibility index (Phi) is 7.80.